The fourth-order valence-corrected chi connectivity index (χ4v) is 2.80. The van der Waals surface area contributed by atoms with Gasteiger partial charge in [0.15, 0.2) is 5.78 Å². The zero-order valence-corrected chi connectivity index (χ0v) is 16.8. The first-order valence-corrected chi connectivity index (χ1v) is 9.76. The Balaban J connectivity index is 1.75. The predicted molar refractivity (Wildman–Crippen MR) is 114 cm³/mol. The van der Waals surface area contributed by atoms with Gasteiger partial charge in [0.05, 0.1) is 13.7 Å². The third-order valence-corrected chi connectivity index (χ3v) is 4.40. The van der Waals surface area contributed by atoms with Crippen molar-refractivity contribution in [2.45, 2.75) is 25.7 Å². The van der Waals surface area contributed by atoms with Crippen molar-refractivity contribution in [1.82, 2.24) is 5.32 Å². The molecular weight excluding hydrogens is 368 g/mol. The third kappa shape index (κ3) is 8.27. The lowest BCUT2D eigenvalue weighted by molar-refractivity contribution is -0.121. The zero-order valence-electron chi connectivity index (χ0n) is 16.8. The van der Waals surface area contributed by atoms with Crippen LogP contribution in [0.3, 0.4) is 0 Å². The first-order chi connectivity index (χ1) is 14.1. The second-order valence-electron chi connectivity index (χ2n) is 6.65. The second-order valence-corrected chi connectivity index (χ2v) is 6.65. The molecule has 0 aromatic heterocycles. The molecule has 0 saturated carbocycles. The van der Waals surface area contributed by atoms with Crippen LogP contribution in [0.2, 0.25) is 0 Å². The monoisotopic (exact) mass is 396 g/mol. The van der Waals surface area contributed by atoms with E-state index >= 15 is 0 Å². The van der Waals surface area contributed by atoms with Gasteiger partial charge in [-0.2, -0.15) is 0 Å². The van der Waals surface area contributed by atoms with E-state index in [9.17, 15) is 9.59 Å². The van der Waals surface area contributed by atoms with Crippen LogP contribution in [0.25, 0.3) is 0 Å². The van der Waals surface area contributed by atoms with E-state index < -0.39 is 0 Å². The molecule has 2 rings (SSSR count). The maximum absolute atomic E-state index is 12.3. The van der Waals surface area contributed by atoms with Crippen molar-refractivity contribution in [1.29, 1.82) is 0 Å². The standard InChI is InChI=1S/C23H28N2O4/c1-29-21-7-4-6-19(15-21)16-24-17-22(27)20-11-9-18(10-12-20)5-2-3-8-23(28)25-13-14-26/h4,6-7,9-12,15-16,26H,2-3,5,8,13-14,17H2,1H3,(H,25,28). The minimum atomic E-state index is -0.0386. The highest BCUT2D eigenvalue weighted by molar-refractivity contribution is 5.98. The van der Waals surface area contributed by atoms with E-state index in [0.717, 1.165) is 36.1 Å². The van der Waals surface area contributed by atoms with Crippen LogP contribution in [0.15, 0.2) is 53.5 Å². The number of unbranched alkanes of at least 4 members (excludes halogenated alkanes) is 1. The minimum Gasteiger partial charge on any atom is -0.497 e. The molecule has 0 fully saturated rings. The van der Waals surface area contributed by atoms with Gasteiger partial charge in [-0.1, -0.05) is 36.4 Å². The topological polar surface area (TPSA) is 88.0 Å². The lowest BCUT2D eigenvalue weighted by Crippen LogP contribution is -2.25. The summed E-state index contributed by atoms with van der Waals surface area (Å²) in [6.45, 7) is 0.362. The third-order valence-electron chi connectivity index (χ3n) is 4.40. The molecule has 0 saturated heterocycles. The van der Waals surface area contributed by atoms with Crippen LogP contribution in [-0.4, -0.2) is 49.8 Å². The van der Waals surface area contributed by atoms with Gasteiger partial charge in [0.1, 0.15) is 12.3 Å². The number of nitrogens with one attached hydrogen (secondary N) is 1. The summed E-state index contributed by atoms with van der Waals surface area (Å²) in [5.74, 6) is 0.687. The summed E-state index contributed by atoms with van der Waals surface area (Å²) < 4.78 is 5.17. The van der Waals surface area contributed by atoms with Crippen molar-refractivity contribution >= 4 is 17.9 Å². The van der Waals surface area contributed by atoms with Crippen molar-refractivity contribution in [3.05, 3.63) is 65.2 Å². The average Bonchev–Trinajstić information content (AvgIpc) is 2.75. The Kier molecular flexibility index (Phi) is 9.59. The van der Waals surface area contributed by atoms with E-state index in [0.29, 0.717) is 18.5 Å². The van der Waals surface area contributed by atoms with E-state index in [1.54, 1.807) is 13.3 Å². The van der Waals surface area contributed by atoms with Crippen molar-refractivity contribution in [3.63, 3.8) is 0 Å². The highest BCUT2D eigenvalue weighted by atomic mass is 16.5. The van der Waals surface area contributed by atoms with Gasteiger partial charge < -0.3 is 15.2 Å². The van der Waals surface area contributed by atoms with E-state index in [1.165, 1.54) is 0 Å². The summed E-state index contributed by atoms with van der Waals surface area (Å²) in [7, 11) is 1.61. The number of aliphatic hydroxyl groups is 1. The zero-order chi connectivity index (χ0) is 20.9. The summed E-state index contributed by atoms with van der Waals surface area (Å²) in [4.78, 5) is 28.0. The quantitative estimate of drug-likeness (QED) is 0.328. The summed E-state index contributed by atoms with van der Waals surface area (Å²) in [6, 6.07) is 15.0. The molecule has 2 aromatic carbocycles. The lowest BCUT2D eigenvalue weighted by atomic mass is 10.0. The Morgan fingerprint density at radius 1 is 1.14 bits per heavy atom. The summed E-state index contributed by atoms with van der Waals surface area (Å²) in [6.07, 6.45) is 4.67. The summed E-state index contributed by atoms with van der Waals surface area (Å²) in [5.41, 5.74) is 2.66. The van der Waals surface area contributed by atoms with Gasteiger partial charge in [-0.05, 0) is 42.5 Å². The van der Waals surface area contributed by atoms with Crippen LogP contribution >= 0.6 is 0 Å². The number of ketones is 1. The number of ether oxygens (including phenoxy) is 1. The molecule has 0 spiro atoms. The largest absolute Gasteiger partial charge is 0.497 e. The van der Waals surface area contributed by atoms with Crippen molar-refractivity contribution in [3.8, 4) is 5.75 Å². The smallest absolute Gasteiger partial charge is 0.220 e. The molecule has 2 N–H and O–H groups in total. The highest BCUT2D eigenvalue weighted by Gasteiger charge is 2.05. The number of aryl methyl sites for hydroxylation is 1. The fraction of sp³-hybridized carbons (Fsp3) is 0.348. The van der Waals surface area contributed by atoms with Crippen molar-refractivity contribution in [2.24, 2.45) is 4.99 Å². The van der Waals surface area contributed by atoms with Crippen LogP contribution in [-0.2, 0) is 11.2 Å². The molecule has 29 heavy (non-hydrogen) atoms. The van der Waals surface area contributed by atoms with Crippen LogP contribution in [0.4, 0.5) is 0 Å². The second kappa shape index (κ2) is 12.5. The number of amides is 1. The normalized spacial score (nSPS) is 10.8. The molecular formula is C23H28N2O4. The van der Waals surface area contributed by atoms with Crippen LogP contribution in [0.1, 0.15) is 40.7 Å². The number of aliphatic imine (C=N–C) groups is 1. The number of carbonyl (C=O) groups is 2. The van der Waals surface area contributed by atoms with E-state index in [1.807, 2.05) is 48.5 Å². The maximum Gasteiger partial charge on any atom is 0.220 e. The molecule has 0 heterocycles. The van der Waals surface area contributed by atoms with Crippen molar-refractivity contribution in [2.75, 3.05) is 26.8 Å². The lowest BCUT2D eigenvalue weighted by Gasteiger charge is -2.05. The molecule has 2 aromatic rings. The van der Waals surface area contributed by atoms with E-state index in [-0.39, 0.29) is 24.8 Å². The number of aliphatic hydroxyl groups excluding tert-OH is 1. The molecule has 6 nitrogen and oxygen atoms in total. The molecule has 1 amide bonds. The highest BCUT2D eigenvalue weighted by Crippen LogP contribution is 2.12. The molecule has 0 radical (unpaired) electrons. The molecule has 0 atom stereocenters. The summed E-state index contributed by atoms with van der Waals surface area (Å²) in [5, 5.41) is 11.3. The Hall–Kier alpha value is -2.99. The van der Waals surface area contributed by atoms with Gasteiger partial charge in [0.25, 0.3) is 0 Å². The van der Waals surface area contributed by atoms with Gasteiger partial charge in [-0.15, -0.1) is 0 Å². The van der Waals surface area contributed by atoms with E-state index in [2.05, 4.69) is 10.3 Å². The molecule has 0 aliphatic rings. The number of methoxy groups -OCH3 is 1. The number of benzene rings is 2. The Morgan fingerprint density at radius 2 is 1.93 bits per heavy atom. The van der Waals surface area contributed by atoms with E-state index in [4.69, 9.17) is 9.84 Å². The van der Waals surface area contributed by atoms with Gasteiger partial charge in [0, 0.05) is 24.7 Å². The van der Waals surface area contributed by atoms with Gasteiger partial charge in [-0.25, -0.2) is 0 Å². The average molecular weight is 396 g/mol. The Bertz CT molecular complexity index is 816. The van der Waals surface area contributed by atoms with Crippen LogP contribution in [0, 0.1) is 0 Å². The molecule has 154 valence electrons. The molecule has 0 aliphatic carbocycles. The molecule has 0 unspecified atom stereocenters. The van der Waals surface area contributed by atoms with Gasteiger partial charge >= 0.3 is 0 Å². The van der Waals surface area contributed by atoms with Crippen LogP contribution < -0.4 is 10.1 Å². The first kappa shape index (κ1) is 22.3. The number of hydrogen-bond acceptors (Lipinski definition) is 5. The molecule has 0 aliphatic heterocycles. The number of Topliss-reactive ketones (excluding diaryl/α,β-unsaturated/α-hetero) is 1. The Morgan fingerprint density at radius 3 is 2.66 bits per heavy atom. The Labute approximate surface area is 171 Å². The predicted octanol–water partition coefficient (Wildman–Crippen LogP) is 2.82. The van der Waals surface area contributed by atoms with Crippen LogP contribution in [0.5, 0.6) is 5.75 Å². The fourth-order valence-electron chi connectivity index (χ4n) is 2.80. The minimum absolute atomic E-state index is 0.0312. The number of nitrogens with zero attached hydrogens (tertiary/aromatic N) is 1. The molecule has 0 bridgehead atoms. The van der Waals surface area contributed by atoms with Gasteiger partial charge in [0.2, 0.25) is 5.91 Å². The first-order valence-electron chi connectivity index (χ1n) is 9.76. The SMILES string of the molecule is COc1cccc(C=NCC(=O)c2ccc(CCCCC(=O)NCCO)cc2)c1. The maximum atomic E-state index is 12.3. The van der Waals surface area contributed by atoms with Gasteiger partial charge in [-0.3, -0.25) is 14.6 Å². The number of rotatable bonds is 12. The van der Waals surface area contributed by atoms with Crippen molar-refractivity contribution < 1.29 is 19.4 Å². The number of hydrogen-bond donors (Lipinski definition) is 2. The molecule has 6 heteroatoms. The number of carbonyl (C=O) groups excluding carboxylic acids is 2. The summed E-state index contributed by atoms with van der Waals surface area (Å²) >= 11 is 0.